The number of hydrogen-bond donors (Lipinski definition) is 0. The van der Waals surface area contributed by atoms with Crippen LogP contribution in [0.4, 0.5) is 11.4 Å². The molecule has 0 heterocycles. The molecule has 0 aliphatic rings. The third kappa shape index (κ3) is 4.88. The van der Waals surface area contributed by atoms with Crippen LogP contribution >= 0.6 is 0 Å². The van der Waals surface area contributed by atoms with Gasteiger partial charge in [0.25, 0.3) is 0 Å². The largest absolute Gasteiger partial charge is 0.497 e. The van der Waals surface area contributed by atoms with E-state index >= 15 is 0 Å². The van der Waals surface area contributed by atoms with E-state index in [1.165, 1.54) is 31.4 Å². The first kappa shape index (κ1) is 20.7. The molecule has 7 heteroatoms. The summed E-state index contributed by atoms with van der Waals surface area (Å²) in [6.45, 7) is 3.94. The van der Waals surface area contributed by atoms with Crippen molar-refractivity contribution in [2.75, 3.05) is 7.11 Å². The second-order valence-electron chi connectivity index (χ2n) is 6.65. The van der Waals surface area contributed by atoms with Crippen LogP contribution in [0.1, 0.15) is 27.0 Å². The van der Waals surface area contributed by atoms with E-state index in [-0.39, 0.29) is 17.0 Å². The van der Waals surface area contributed by atoms with Crippen LogP contribution in [0, 0.1) is 24.0 Å². The number of aliphatic imine (C=N–C) groups is 1. The molecule has 3 rings (SSSR count). The first-order chi connectivity index (χ1) is 14.4. The first-order valence-corrected chi connectivity index (χ1v) is 9.13. The molecule has 0 saturated heterocycles. The Morgan fingerprint density at radius 3 is 2.40 bits per heavy atom. The summed E-state index contributed by atoms with van der Waals surface area (Å²) < 4.78 is 10.3. The normalized spacial score (nSPS) is 10.8. The molecule has 30 heavy (non-hydrogen) atoms. The molecule has 0 aliphatic heterocycles. The summed E-state index contributed by atoms with van der Waals surface area (Å²) in [5.74, 6) is -0.244. The Kier molecular flexibility index (Phi) is 6.22. The van der Waals surface area contributed by atoms with Crippen LogP contribution in [-0.4, -0.2) is 24.2 Å². The van der Waals surface area contributed by atoms with Crippen molar-refractivity contribution < 1.29 is 19.2 Å². The minimum Gasteiger partial charge on any atom is -0.497 e. The van der Waals surface area contributed by atoms with Gasteiger partial charge in [-0.05, 0) is 67.4 Å². The quantitative estimate of drug-likeness (QED) is 0.185. The molecule has 0 radical (unpaired) electrons. The highest BCUT2D eigenvalue weighted by molar-refractivity contribution is 5.92. The smallest absolute Gasteiger partial charge is 0.343 e. The van der Waals surface area contributed by atoms with Gasteiger partial charge in [-0.1, -0.05) is 17.7 Å². The number of ether oxygens (including phenoxy) is 2. The second-order valence-corrected chi connectivity index (χ2v) is 6.65. The molecule has 0 fully saturated rings. The lowest BCUT2D eigenvalue weighted by atomic mass is 10.1. The summed E-state index contributed by atoms with van der Waals surface area (Å²) >= 11 is 0. The summed E-state index contributed by atoms with van der Waals surface area (Å²) in [6.07, 6.45) is 1.54. The van der Waals surface area contributed by atoms with Crippen LogP contribution in [0.3, 0.4) is 0 Å². The van der Waals surface area contributed by atoms with Crippen molar-refractivity contribution in [1.82, 2.24) is 0 Å². The highest BCUT2D eigenvalue weighted by Crippen LogP contribution is 2.29. The van der Waals surface area contributed by atoms with Crippen molar-refractivity contribution in [2.24, 2.45) is 4.99 Å². The highest BCUT2D eigenvalue weighted by atomic mass is 16.6. The number of nitro benzene ring substituents is 1. The van der Waals surface area contributed by atoms with E-state index in [9.17, 15) is 14.9 Å². The molecule has 0 saturated carbocycles. The molecule has 0 unspecified atom stereocenters. The average molecular weight is 404 g/mol. The fourth-order valence-corrected chi connectivity index (χ4v) is 2.82. The predicted molar refractivity (Wildman–Crippen MR) is 114 cm³/mol. The lowest BCUT2D eigenvalue weighted by molar-refractivity contribution is -0.385. The van der Waals surface area contributed by atoms with Gasteiger partial charge in [0, 0.05) is 12.3 Å². The van der Waals surface area contributed by atoms with Crippen LogP contribution < -0.4 is 9.47 Å². The van der Waals surface area contributed by atoms with Crippen LogP contribution in [0.2, 0.25) is 0 Å². The molecule has 7 nitrogen and oxygen atoms in total. The monoisotopic (exact) mass is 404 g/mol. The molecule has 0 spiro atoms. The number of carbonyl (C=O) groups excluding carboxylic acids is 1. The lowest BCUT2D eigenvalue weighted by Gasteiger charge is -2.07. The zero-order valence-electron chi connectivity index (χ0n) is 16.8. The second kappa shape index (κ2) is 9.00. The van der Waals surface area contributed by atoms with E-state index in [1.54, 1.807) is 24.4 Å². The van der Waals surface area contributed by atoms with Gasteiger partial charge in [-0.25, -0.2) is 4.79 Å². The number of carbonyl (C=O) groups is 1. The van der Waals surface area contributed by atoms with Gasteiger partial charge in [0.15, 0.2) is 0 Å². The maximum absolute atomic E-state index is 12.3. The topological polar surface area (TPSA) is 91.0 Å². The van der Waals surface area contributed by atoms with Crippen LogP contribution in [-0.2, 0) is 0 Å². The van der Waals surface area contributed by atoms with Crippen molar-refractivity contribution in [3.05, 3.63) is 93.0 Å². The summed E-state index contributed by atoms with van der Waals surface area (Å²) in [7, 11) is 1.52. The minimum absolute atomic E-state index is 0.135. The maximum atomic E-state index is 12.3. The van der Waals surface area contributed by atoms with E-state index < -0.39 is 10.9 Å². The molecule has 3 aromatic carbocycles. The zero-order chi connectivity index (χ0) is 21.7. The lowest BCUT2D eigenvalue weighted by Crippen LogP contribution is -2.10. The molecule has 0 N–H and O–H groups in total. The number of esters is 1. The Morgan fingerprint density at radius 1 is 1.03 bits per heavy atom. The first-order valence-electron chi connectivity index (χ1n) is 9.13. The highest BCUT2D eigenvalue weighted by Gasteiger charge is 2.19. The zero-order valence-corrected chi connectivity index (χ0v) is 16.8. The van der Waals surface area contributed by atoms with Gasteiger partial charge < -0.3 is 9.47 Å². The summed E-state index contributed by atoms with van der Waals surface area (Å²) in [6, 6.07) is 16.4. The van der Waals surface area contributed by atoms with Gasteiger partial charge in [0.05, 0.1) is 23.3 Å². The van der Waals surface area contributed by atoms with E-state index in [0.29, 0.717) is 11.3 Å². The Morgan fingerprint density at radius 2 is 1.77 bits per heavy atom. The summed E-state index contributed by atoms with van der Waals surface area (Å²) in [5, 5.41) is 11.5. The molecule has 3 aromatic rings. The number of methoxy groups -OCH3 is 1. The number of nitrogens with zero attached hydrogens (tertiary/aromatic N) is 2. The number of aryl methyl sites for hydroxylation is 2. The SMILES string of the molecule is COc1ccc(C(=O)Oc2ccc(C=Nc3ccc(C)cc3C)cc2[N+](=O)[O-])cc1. The minimum atomic E-state index is -0.697. The van der Waals surface area contributed by atoms with Crippen LogP contribution in [0.25, 0.3) is 0 Å². The van der Waals surface area contributed by atoms with Crippen molar-refractivity contribution >= 4 is 23.6 Å². The third-order valence-electron chi connectivity index (χ3n) is 4.41. The van der Waals surface area contributed by atoms with Gasteiger partial charge in [0.2, 0.25) is 5.75 Å². The van der Waals surface area contributed by atoms with Crippen molar-refractivity contribution in [2.45, 2.75) is 13.8 Å². The number of nitro groups is 1. The summed E-state index contributed by atoms with van der Waals surface area (Å²) in [4.78, 5) is 27.6. The molecule has 0 atom stereocenters. The fourth-order valence-electron chi connectivity index (χ4n) is 2.82. The van der Waals surface area contributed by atoms with Gasteiger partial charge in [-0.15, -0.1) is 0 Å². The Labute approximate surface area is 173 Å². The Hall–Kier alpha value is -4.00. The van der Waals surface area contributed by atoms with Crippen molar-refractivity contribution in [1.29, 1.82) is 0 Å². The van der Waals surface area contributed by atoms with Gasteiger partial charge in [-0.3, -0.25) is 15.1 Å². The van der Waals surface area contributed by atoms with Crippen molar-refractivity contribution in [3.63, 3.8) is 0 Å². The van der Waals surface area contributed by atoms with Crippen molar-refractivity contribution in [3.8, 4) is 11.5 Å². The third-order valence-corrected chi connectivity index (χ3v) is 4.41. The van der Waals surface area contributed by atoms with Crippen LogP contribution in [0.5, 0.6) is 11.5 Å². The molecule has 0 aliphatic carbocycles. The molecular formula is C23H20N2O5. The Balaban J connectivity index is 1.83. The summed E-state index contributed by atoms with van der Waals surface area (Å²) in [5.41, 5.74) is 3.37. The van der Waals surface area contributed by atoms with Crippen LogP contribution in [0.15, 0.2) is 65.7 Å². The predicted octanol–water partition coefficient (Wildman–Crippen LogP) is 5.19. The average Bonchev–Trinajstić information content (AvgIpc) is 2.73. The maximum Gasteiger partial charge on any atom is 0.343 e. The van der Waals surface area contributed by atoms with E-state index in [0.717, 1.165) is 16.8 Å². The number of rotatable bonds is 6. The van der Waals surface area contributed by atoms with E-state index in [2.05, 4.69) is 4.99 Å². The number of hydrogen-bond acceptors (Lipinski definition) is 6. The molecule has 0 amide bonds. The number of benzene rings is 3. The molecular weight excluding hydrogens is 384 g/mol. The van der Waals surface area contributed by atoms with Gasteiger partial charge in [-0.2, -0.15) is 0 Å². The standard InChI is InChI=1S/C23H20N2O5/c1-15-4-10-20(16(2)12-15)24-14-17-5-11-22(21(13-17)25(27)28)30-23(26)18-6-8-19(29-3)9-7-18/h4-14H,1-3H3. The fraction of sp³-hybridized carbons (Fsp3) is 0.130. The molecule has 0 bridgehead atoms. The molecule has 0 aromatic heterocycles. The molecule has 152 valence electrons. The Bertz CT molecular complexity index is 1120. The van der Waals surface area contributed by atoms with E-state index in [4.69, 9.17) is 9.47 Å². The van der Waals surface area contributed by atoms with Gasteiger partial charge in [0.1, 0.15) is 5.75 Å². The van der Waals surface area contributed by atoms with E-state index in [1.807, 2.05) is 32.0 Å². The van der Waals surface area contributed by atoms with Gasteiger partial charge >= 0.3 is 11.7 Å².